The molecule has 1 amide bonds. The zero-order valence-electron chi connectivity index (χ0n) is 17.5. The maximum absolute atomic E-state index is 12.3. The molecule has 1 aromatic carbocycles. The summed E-state index contributed by atoms with van der Waals surface area (Å²) in [5.41, 5.74) is 0.831. The fourth-order valence-corrected chi connectivity index (χ4v) is 3.89. The van der Waals surface area contributed by atoms with Crippen molar-refractivity contribution in [2.75, 3.05) is 19.8 Å². The van der Waals surface area contributed by atoms with Crippen molar-refractivity contribution < 1.29 is 14.3 Å². The molecule has 0 radical (unpaired) electrons. The molecule has 27 heavy (non-hydrogen) atoms. The Balaban J connectivity index is 1.63. The highest BCUT2D eigenvalue weighted by Gasteiger charge is 2.46. The van der Waals surface area contributed by atoms with Crippen LogP contribution in [0.2, 0.25) is 0 Å². The van der Waals surface area contributed by atoms with Gasteiger partial charge in [-0.25, -0.2) is 4.79 Å². The summed E-state index contributed by atoms with van der Waals surface area (Å²) in [5, 5.41) is 0. The molecule has 2 aliphatic rings. The van der Waals surface area contributed by atoms with E-state index < -0.39 is 5.60 Å². The smallest absolute Gasteiger partial charge is 0.412 e. The summed E-state index contributed by atoms with van der Waals surface area (Å²) >= 11 is 0. The van der Waals surface area contributed by atoms with E-state index in [0.717, 1.165) is 32.4 Å². The minimum Gasteiger partial charge on any atom is -0.444 e. The van der Waals surface area contributed by atoms with Crippen LogP contribution in [0.1, 0.15) is 59.4 Å². The molecule has 0 N–H and O–H groups in total. The average Bonchev–Trinajstić information content (AvgIpc) is 2.59. The Morgan fingerprint density at radius 2 is 1.85 bits per heavy atom. The lowest BCUT2D eigenvalue weighted by Crippen LogP contribution is -2.61. The number of carbonyl (C=O) groups excluding carboxylic acids is 1. The lowest BCUT2D eigenvalue weighted by Gasteiger charge is -2.53. The Hall–Kier alpha value is -1.59. The second-order valence-electron chi connectivity index (χ2n) is 9.60. The van der Waals surface area contributed by atoms with Crippen molar-refractivity contribution in [3.63, 3.8) is 0 Å². The topological polar surface area (TPSA) is 42.0 Å². The fraction of sp³-hybridized carbons (Fsp3) is 0.682. The summed E-state index contributed by atoms with van der Waals surface area (Å²) < 4.78 is 11.8. The van der Waals surface area contributed by atoms with Gasteiger partial charge in [0.05, 0.1) is 5.60 Å². The van der Waals surface area contributed by atoms with Crippen molar-refractivity contribution in [3.05, 3.63) is 35.9 Å². The van der Waals surface area contributed by atoms with E-state index in [1.807, 2.05) is 20.8 Å². The Morgan fingerprint density at radius 1 is 1.15 bits per heavy atom. The summed E-state index contributed by atoms with van der Waals surface area (Å²) in [7, 11) is 0. The molecule has 0 bridgehead atoms. The number of carbonyl (C=O) groups is 1. The number of benzene rings is 1. The van der Waals surface area contributed by atoms with Crippen LogP contribution in [0.15, 0.2) is 30.3 Å². The molecule has 5 nitrogen and oxygen atoms in total. The summed E-state index contributed by atoms with van der Waals surface area (Å²) in [6.45, 7) is 13.1. The van der Waals surface area contributed by atoms with Crippen molar-refractivity contribution in [2.24, 2.45) is 0 Å². The van der Waals surface area contributed by atoms with Crippen LogP contribution in [-0.2, 0) is 16.0 Å². The predicted octanol–water partition coefficient (Wildman–Crippen LogP) is 4.41. The van der Waals surface area contributed by atoms with E-state index in [0.29, 0.717) is 13.3 Å². The van der Waals surface area contributed by atoms with Gasteiger partial charge in [-0.1, -0.05) is 30.3 Å². The molecule has 2 saturated heterocycles. The van der Waals surface area contributed by atoms with Crippen LogP contribution >= 0.6 is 0 Å². The molecule has 3 rings (SSSR count). The van der Waals surface area contributed by atoms with Gasteiger partial charge >= 0.3 is 6.09 Å². The first kappa shape index (κ1) is 20.2. The summed E-state index contributed by atoms with van der Waals surface area (Å²) in [6.07, 6.45) is 2.70. The van der Waals surface area contributed by atoms with Gasteiger partial charge in [-0.2, -0.15) is 0 Å². The molecule has 0 aromatic heterocycles. The average molecular weight is 375 g/mol. The second kappa shape index (κ2) is 7.44. The van der Waals surface area contributed by atoms with Gasteiger partial charge in [0.2, 0.25) is 0 Å². The zero-order chi connectivity index (χ0) is 19.7. The van der Waals surface area contributed by atoms with Crippen LogP contribution in [-0.4, -0.2) is 52.5 Å². The quantitative estimate of drug-likeness (QED) is 0.769. The first-order chi connectivity index (χ1) is 12.6. The molecule has 2 fully saturated rings. The molecule has 1 atom stereocenters. The van der Waals surface area contributed by atoms with Crippen LogP contribution in [0.3, 0.4) is 0 Å². The van der Waals surface area contributed by atoms with Crippen molar-refractivity contribution >= 4 is 6.09 Å². The molecule has 5 heteroatoms. The third-order valence-corrected chi connectivity index (χ3v) is 5.76. The van der Waals surface area contributed by atoms with Crippen molar-refractivity contribution in [2.45, 2.75) is 77.2 Å². The third kappa shape index (κ3) is 5.02. The van der Waals surface area contributed by atoms with Gasteiger partial charge < -0.3 is 9.47 Å². The summed E-state index contributed by atoms with van der Waals surface area (Å²) in [4.78, 5) is 16.5. The number of likely N-dealkylation sites (tertiary alicyclic amines) is 1. The molecule has 2 aliphatic heterocycles. The Bertz CT molecular complexity index is 643. The number of hydrogen-bond acceptors (Lipinski definition) is 4. The van der Waals surface area contributed by atoms with E-state index in [1.54, 1.807) is 4.90 Å². The highest BCUT2D eigenvalue weighted by atomic mass is 16.6. The summed E-state index contributed by atoms with van der Waals surface area (Å²) in [6, 6.07) is 10.6. The zero-order valence-corrected chi connectivity index (χ0v) is 17.5. The minimum absolute atomic E-state index is 0.146. The van der Waals surface area contributed by atoms with E-state index >= 15 is 0 Å². The Labute approximate surface area is 163 Å². The largest absolute Gasteiger partial charge is 0.444 e. The van der Waals surface area contributed by atoms with E-state index in [-0.39, 0.29) is 17.2 Å². The fourth-order valence-electron chi connectivity index (χ4n) is 3.89. The van der Waals surface area contributed by atoms with Gasteiger partial charge in [0, 0.05) is 25.2 Å². The molecule has 1 aromatic rings. The lowest BCUT2D eigenvalue weighted by molar-refractivity contribution is -0.177. The van der Waals surface area contributed by atoms with Crippen molar-refractivity contribution in [3.8, 4) is 0 Å². The monoisotopic (exact) mass is 374 g/mol. The lowest BCUT2D eigenvalue weighted by atomic mass is 9.79. The normalized spacial score (nSPS) is 26.2. The molecule has 1 unspecified atom stereocenters. The Morgan fingerprint density at radius 3 is 2.44 bits per heavy atom. The van der Waals surface area contributed by atoms with E-state index in [2.05, 4.69) is 49.1 Å². The second-order valence-corrected chi connectivity index (χ2v) is 9.60. The number of nitrogens with zero attached hydrogens (tertiary/aromatic N) is 2. The van der Waals surface area contributed by atoms with Gasteiger partial charge in [0.25, 0.3) is 0 Å². The number of ether oxygens (including phenoxy) is 2. The number of amides is 1. The number of rotatable bonds is 2. The van der Waals surface area contributed by atoms with Gasteiger partial charge in [-0.05, 0) is 59.4 Å². The van der Waals surface area contributed by atoms with Gasteiger partial charge in [0.15, 0.2) is 0 Å². The maximum Gasteiger partial charge on any atom is 0.412 e. The molecule has 150 valence electrons. The highest BCUT2D eigenvalue weighted by molar-refractivity contribution is 5.68. The van der Waals surface area contributed by atoms with E-state index in [9.17, 15) is 4.79 Å². The molecule has 0 aliphatic carbocycles. The minimum atomic E-state index is -0.479. The first-order valence-corrected chi connectivity index (χ1v) is 10.00. The van der Waals surface area contributed by atoms with Gasteiger partial charge in [-0.3, -0.25) is 9.80 Å². The predicted molar refractivity (Wildman–Crippen MR) is 106 cm³/mol. The highest BCUT2D eigenvalue weighted by Crippen LogP contribution is 2.39. The van der Waals surface area contributed by atoms with Crippen molar-refractivity contribution in [1.29, 1.82) is 0 Å². The van der Waals surface area contributed by atoms with Crippen molar-refractivity contribution in [1.82, 2.24) is 9.80 Å². The number of piperidine rings is 1. The first-order valence-electron chi connectivity index (χ1n) is 10.00. The van der Waals surface area contributed by atoms with Gasteiger partial charge in [0.1, 0.15) is 12.3 Å². The molecule has 0 saturated carbocycles. The van der Waals surface area contributed by atoms with E-state index in [1.165, 1.54) is 5.56 Å². The van der Waals surface area contributed by atoms with E-state index in [4.69, 9.17) is 9.47 Å². The standard InChI is InChI=1S/C22H34N2O3/c1-20(2,3)27-19(25)23-14-13-22(26-17-23)12-11-21(4,5)24(16-22)15-18-9-7-6-8-10-18/h6-10H,11-17H2,1-5H3. The number of hydrogen-bond donors (Lipinski definition) is 0. The van der Waals surface area contributed by atoms with Crippen LogP contribution in [0.25, 0.3) is 0 Å². The molecular weight excluding hydrogens is 340 g/mol. The molecule has 1 spiro atoms. The SMILES string of the molecule is CC(C)(C)OC(=O)N1CCC2(CCC(C)(C)N(Cc3ccccc3)C2)OC1. The third-order valence-electron chi connectivity index (χ3n) is 5.76. The van der Waals surface area contributed by atoms with Crippen LogP contribution in [0.4, 0.5) is 4.79 Å². The maximum atomic E-state index is 12.3. The van der Waals surface area contributed by atoms with Crippen LogP contribution in [0.5, 0.6) is 0 Å². The Kier molecular flexibility index (Phi) is 5.55. The summed E-state index contributed by atoms with van der Waals surface area (Å²) in [5.74, 6) is 0. The van der Waals surface area contributed by atoms with Crippen LogP contribution < -0.4 is 0 Å². The molecular formula is C22H34N2O3. The van der Waals surface area contributed by atoms with Gasteiger partial charge in [-0.15, -0.1) is 0 Å². The molecule has 2 heterocycles. The van der Waals surface area contributed by atoms with Crippen LogP contribution in [0, 0.1) is 0 Å².